The molecule has 3 amide bonds. The number of thioether (sulfide) groups is 1. The quantitative estimate of drug-likeness (QED) is 0.159. The second-order valence-electron chi connectivity index (χ2n) is 10.2. The highest BCUT2D eigenvalue weighted by molar-refractivity contribution is 8.00. The summed E-state index contributed by atoms with van der Waals surface area (Å²) in [6.45, 7) is 1.57. The molecule has 230 valence electrons. The maximum Gasteiger partial charge on any atom is 0.308 e. The van der Waals surface area contributed by atoms with Crippen LogP contribution in [-0.4, -0.2) is 44.2 Å². The van der Waals surface area contributed by atoms with Gasteiger partial charge in [0.2, 0.25) is 17.7 Å². The van der Waals surface area contributed by atoms with E-state index in [-0.39, 0.29) is 29.5 Å². The summed E-state index contributed by atoms with van der Waals surface area (Å²) in [6.07, 6.45) is 0. The van der Waals surface area contributed by atoms with Crippen LogP contribution in [0.15, 0.2) is 76.6 Å². The van der Waals surface area contributed by atoms with Crippen LogP contribution in [0.25, 0.3) is 0 Å². The summed E-state index contributed by atoms with van der Waals surface area (Å²) < 4.78 is 20.1. The number of phenolic OH excluding ortho intramolecular Hbond substituents is 1. The fourth-order valence-electron chi connectivity index (χ4n) is 5.46. The standard InChI is InChI=1S/C30H23FN4O8S2/c1-2-43-21-13-15(3-12-20(21)36)23-24-25(28(39)34(27(24)38)18-8-10-19(11-9-18)35(41)42)44-29-26(23)45-30(40)33(29)14-22(37)32-17-6-4-16(31)5-7-17/h3-13,23-25,36H,2,14H2,1H3,(H,32,37)/t23-,24+,25-/m0/s1. The highest BCUT2D eigenvalue weighted by atomic mass is 32.2. The molecule has 2 aliphatic rings. The Labute approximate surface area is 262 Å². The van der Waals surface area contributed by atoms with Crippen LogP contribution < -0.4 is 19.8 Å². The first-order valence-corrected chi connectivity index (χ1v) is 15.3. The first kappa shape index (κ1) is 30.0. The predicted octanol–water partition coefficient (Wildman–Crippen LogP) is 4.50. The average Bonchev–Trinajstić information content (AvgIpc) is 3.45. The number of benzene rings is 3. The first-order valence-electron chi connectivity index (χ1n) is 13.6. The summed E-state index contributed by atoms with van der Waals surface area (Å²) in [4.78, 5) is 65.8. The Kier molecular flexibility index (Phi) is 7.88. The van der Waals surface area contributed by atoms with E-state index < -0.39 is 57.0 Å². The number of imide groups is 1. The zero-order valence-electron chi connectivity index (χ0n) is 23.3. The topological polar surface area (TPSA) is 161 Å². The first-order chi connectivity index (χ1) is 21.6. The van der Waals surface area contributed by atoms with Gasteiger partial charge >= 0.3 is 4.87 Å². The largest absolute Gasteiger partial charge is 0.504 e. The molecule has 3 atom stereocenters. The molecule has 12 nitrogen and oxygen atoms in total. The molecule has 0 saturated carbocycles. The summed E-state index contributed by atoms with van der Waals surface area (Å²) in [5, 5.41) is 23.5. The minimum atomic E-state index is -1.00. The van der Waals surface area contributed by atoms with E-state index in [1.807, 2.05) is 0 Å². The number of anilines is 2. The molecule has 45 heavy (non-hydrogen) atoms. The van der Waals surface area contributed by atoms with Gasteiger partial charge in [0.15, 0.2) is 11.5 Å². The zero-order chi connectivity index (χ0) is 32.0. The lowest BCUT2D eigenvalue weighted by atomic mass is 9.83. The Hall–Kier alpha value is -5.02. The zero-order valence-corrected chi connectivity index (χ0v) is 25.0. The number of nitrogens with zero attached hydrogens (tertiary/aromatic N) is 3. The number of non-ortho nitro benzene ring substituents is 1. The van der Waals surface area contributed by atoms with Crippen molar-refractivity contribution in [3.05, 3.63) is 103 Å². The summed E-state index contributed by atoms with van der Waals surface area (Å²) in [7, 11) is 0. The van der Waals surface area contributed by atoms with E-state index in [0.717, 1.165) is 28.0 Å². The SMILES string of the molecule is CCOc1cc([C@@H]2c3sc(=O)n(CC(=O)Nc4ccc(F)cc4)c3S[C@@H]3C(=O)N(c4ccc([N+](=O)[O-])cc4)C(=O)[C@H]23)ccc1O. The van der Waals surface area contributed by atoms with Crippen LogP contribution in [0, 0.1) is 21.8 Å². The lowest BCUT2D eigenvalue weighted by Crippen LogP contribution is -2.33. The van der Waals surface area contributed by atoms with Gasteiger partial charge in [-0.2, -0.15) is 0 Å². The number of phenols is 1. The number of carbonyl (C=O) groups excluding carboxylic acids is 3. The Morgan fingerprint density at radius 2 is 1.78 bits per heavy atom. The van der Waals surface area contributed by atoms with Crippen LogP contribution in [0.2, 0.25) is 0 Å². The van der Waals surface area contributed by atoms with Crippen molar-refractivity contribution in [3.8, 4) is 11.5 Å². The van der Waals surface area contributed by atoms with Crippen LogP contribution in [0.5, 0.6) is 11.5 Å². The normalized spacial score (nSPS) is 18.8. The van der Waals surface area contributed by atoms with E-state index in [9.17, 15) is 38.8 Å². The van der Waals surface area contributed by atoms with Crippen molar-refractivity contribution in [3.63, 3.8) is 0 Å². The van der Waals surface area contributed by atoms with Crippen LogP contribution in [0.4, 0.5) is 21.5 Å². The molecular formula is C30H23FN4O8S2. The molecule has 3 heterocycles. The lowest BCUT2D eigenvalue weighted by Gasteiger charge is -2.31. The number of nitro groups is 1. The van der Waals surface area contributed by atoms with Crippen LogP contribution in [-0.2, 0) is 20.9 Å². The third-order valence-electron chi connectivity index (χ3n) is 7.44. The van der Waals surface area contributed by atoms with Gasteiger partial charge in [-0.15, -0.1) is 0 Å². The number of fused-ring (bicyclic) bond motifs is 2. The Balaban J connectivity index is 1.42. The number of amides is 3. The van der Waals surface area contributed by atoms with Crippen molar-refractivity contribution >= 4 is 57.9 Å². The van der Waals surface area contributed by atoms with Crippen LogP contribution >= 0.6 is 23.1 Å². The lowest BCUT2D eigenvalue weighted by molar-refractivity contribution is -0.384. The maximum atomic E-state index is 14.0. The van der Waals surface area contributed by atoms with E-state index >= 15 is 0 Å². The van der Waals surface area contributed by atoms with Gasteiger partial charge in [0, 0.05) is 28.6 Å². The molecule has 2 N–H and O–H groups in total. The number of rotatable bonds is 8. The number of aromatic hydroxyl groups is 1. The maximum absolute atomic E-state index is 14.0. The highest BCUT2D eigenvalue weighted by Gasteiger charge is 2.57. The van der Waals surface area contributed by atoms with Crippen molar-refractivity contribution < 1.29 is 33.5 Å². The van der Waals surface area contributed by atoms with E-state index in [0.29, 0.717) is 21.2 Å². The number of nitrogens with one attached hydrogen (secondary N) is 1. The van der Waals surface area contributed by atoms with Crippen molar-refractivity contribution in [1.29, 1.82) is 0 Å². The molecular weight excluding hydrogens is 627 g/mol. The molecule has 0 spiro atoms. The number of thiazole rings is 1. The van der Waals surface area contributed by atoms with Gasteiger partial charge in [-0.3, -0.25) is 33.9 Å². The molecule has 0 unspecified atom stereocenters. The van der Waals surface area contributed by atoms with Gasteiger partial charge in [-0.1, -0.05) is 29.2 Å². The number of carbonyl (C=O) groups is 3. The van der Waals surface area contributed by atoms with E-state index in [4.69, 9.17) is 4.74 Å². The van der Waals surface area contributed by atoms with Gasteiger partial charge in [0.25, 0.3) is 5.69 Å². The molecule has 1 aromatic heterocycles. The van der Waals surface area contributed by atoms with Gasteiger partial charge < -0.3 is 15.2 Å². The van der Waals surface area contributed by atoms with Gasteiger partial charge in [0.1, 0.15) is 17.6 Å². The molecule has 0 radical (unpaired) electrons. The van der Waals surface area contributed by atoms with Gasteiger partial charge in [-0.05, 0) is 61.0 Å². The third kappa shape index (κ3) is 5.44. The van der Waals surface area contributed by atoms with E-state index in [1.165, 1.54) is 59.2 Å². The number of ether oxygens (including phenoxy) is 1. The van der Waals surface area contributed by atoms with E-state index in [2.05, 4.69) is 5.32 Å². The van der Waals surface area contributed by atoms with Crippen LogP contribution in [0.3, 0.4) is 0 Å². The third-order valence-corrected chi connectivity index (χ3v) is 10.0. The summed E-state index contributed by atoms with van der Waals surface area (Å²) >= 11 is 1.85. The number of halogens is 1. The molecule has 4 aromatic rings. The molecule has 15 heteroatoms. The number of aromatic nitrogens is 1. The van der Waals surface area contributed by atoms with Crippen molar-refractivity contribution in [1.82, 2.24) is 4.57 Å². The Morgan fingerprint density at radius 1 is 1.07 bits per heavy atom. The van der Waals surface area contributed by atoms with Gasteiger partial charge in [-0.25, -0.2) is 9.29 Å². The molecule has 0 aliphatic carbocycles. The summed E-state index contributed by atoms with van der Waals surface area (Å²) in [6, 6.07) is 14.7. The monoisotopic (exact) mass is 650 g/mol. The number of hydrogen-bond donors (Lipinski definition) is 2. The minimum absolute atomic E-state index is 0.132. The van der Waals surface area contributed by atoms with Crippen molar-refractivity contribution in [2.24, 2.45) is 5.92 Å². The predicted molar refractivity (Wildman–Crippen MR) is 163 cm³/mol. The number of nitro benzene ring substituents is 1. The summed E-state index contributed by atoms with van der Waals surface area (Å²) in [5.74, 6) is -3.97. The fraction of sp³-hybridized carbons (Fsp3) is 0.200. The Morgan fingerprint density at radius 3 is 2.44 bits per heavy atom. The Bertz CT molecular complexity index is 1910. The van der Waals surface area contributed by atoms with Crippen molar-refractivity contribution in [2.75, 3.05) is 16.8 Å². The van der Waals surface area contributed by atoms with Crippen molar-refractivity contribution in [2.45, 2.75) is 29.7 Å². The second kappa shape index (κ2) is 11.8. The molecule has 2 aliphatic heterocycles. The summed E-state index contributed by atoms with van der Waals surface area (Å²) in [5.41, 5.74) is 0.778. The molecule has 6 rings (SSSR count). The minimum Gasteiger partial charge on any atom is -0.504 e. The molecule has 1 fully saturated rings. The number of hydrogen-bond acceptors (Lipinski definition) is 10. The molecule has 3 aromatic carbocycles. The average molecular weight is 651 g/mol. The molecule has 0 bridgehead atoms. The van der Waals surface area contributed by atoms with E-state index in [1.54, 1.807) is 19.1 Å². The van der Waals surface area contributed by atoms with Crippen LogP contribution in [0.1, 0.15) is 23.3 Å². The fourth-order valence-corrected chi connectivity index (χ4v) is 8.24. The van der Waals surface area contributed by atoms with Gasteiger partial charge in [0.05, 0.1) is 28.2 Å². The second-order valence-corrected chi connectivity index (χ2v) is 12.3. The molecule has 1 saturated heterocycles. The highest BCUT2D eigenvalue weighted by Crippen LogP contribution is 2.54. The smallest absolute Gasteiger partial charge is 0.308 e.